The molecule has 0 aliphatic carbocycles. The van der Waals surface area contributed by atoms with Crippen LogP contribution in [0, 0.1) is 0 Å². The summed E-state index contributed by atoms with van der Waals surface area (Å²) in [5.41, 5.74) is 4.53. The van der Waals surface area contributed by atoms with Crippen LogP contribution in [0.15, 0.2) is 108 Å². The van der Waals surface area contributed by atoms with Crippen LogP contribution in [0.3, 0.4) is 0 Å². The maximum Gasteiger partial charge on any atom is 0.673 e. The zero-order chi connectivity index (χ0) is 22.1. The summed E-state index contributed by atoms with van der Waals surface area (Å²) in [6.45, 7) is 0. The Morgan fingerprint density at radius 2 is 1.03 bits per heavy atom. The molecule has 31 heavy (non-hydrogen) atoms. The van der Waals surface area contributed by atoms with Gasteiger partial charge in [0.05, 0.1) is 17.7 Å². The molecule has 0 spiro atoms. The van der Waals surface area contributed by atoms with Gasteiger partial charge in [-0.25, -0.2) is 4.42 Å². The molecule has 0 bridgehead atoms. The third kappa shape index (κ3) is 7.59. The number of halogens is 4. The first-order valence-corrected chi connectivity index (χ1v) is 9.58. The summed E-state index contributed by atoms with van der Waals surface area (Å²) in [6, 6.07) is 35.0. The minimum absolute atomic E-state index is 0.828. The van der Waals surface area contributed by atoms with Gasteiger partial charge < -0.3 is 17.3 Å². The van der Waals surface area contributed by atoms with Crippen LogP contribution in [-0.4, -0.2) is 7.25 Å². The van der Waals surface area contributed by atoms with Gasteiger partial charge >= 0.3 is 18.8 Å². The second-order valence-electron chi connectivity index (χ2n) is 6.58. The van der Waals surface area contributed by atoms with Gasteiger partial charge in [0.15, 0.2) is 0 Å². The van der Waals surface area contributed by atoms with E-state index in [9.17, 15) is 17.3 Å². The van der Waals surface area contributed by atoms with Gasteiger partial charge in [-0.2, -0.15) is 0 Å². The van der Waals surface area contributed by atoms with Crippen molar-refractivity contribution < 1.29 is 21.7 Å². The third-order valence-corrected chi connectivity index (χ3v) is 4.22. The maximum atomic E-state index is 9.75. The number of hydrogen-bond donors (Lipinski definition) is 0. The van der Waals surface area contributed by atoms with Gasteiger partial charge in [0.2, 0.25) is 0 Å². The van der Waals surface area contributed by atoms with Gasteiger partial charge in [-0.05, 0) is 29.3 Å². The van der Waals surface area contributed by atoms with E-state index in [1.165, 1.54) is 5.56 Å². The van der Waals surface area contributed by atoms with E-state index in [4.69, 9.17) is 4.42 Å². The molecule has 4 rings (SSSR count). The zero-order valence-corrected chi connectivity index (χ0v) is 16.5. The van der Waals surface area contributed by atoms with E-state index in [1.807, 2.05) is 48.5 Å². The molecule has 1 aromatic heterocycles. The molecule has 6 heteroatoms. The van der Waals surface area contributed by atoms with E-state index in [1.54, 1.807) is 0 Å². The second-order valence-corrected chi connectivity index (χ2v) is 6.58. The molecule has 1 nitrogen and oxygen atoms in total. The molecule has 4 aromatic rings. The first-order valence-electron chi connectivity index (χ1n) is 9.58. The predicted octanol–water partition coefficient (Wildman–Crippen LogP) is 8.37. The van der Waals surface area contributed by atoms with Crippen LogP contribution >= 0.6 is 0 Å². The van der Waals surface area contributed by atoms with Gasteiger partial charge in [-0.15, -0.1) is 0 Å². The highest BCUT2D eigenvalue weighted by Crippen LogP contribution is 2.29. The van der Waals surface area contributed by atoms with Crippen LogP contribution in [0.25, 0.3) is 34.6 Å². The van der Waals surface area contributed by atoms with Crippen molar-refractivity contribution in [1.82, 2.24) is 0 Å². The Balaban J connectivity index is 0.000000491. The molecule has 156 valence electrons. The molecule has 0 N–H and O–H groups in total. The first kappa shape index (κ1) is 22.0. The number of benzene rings is 3. The summed E-state index contributed by atoms with van der Waals surface area (Å²) in [6.07, 6.45) is 4.09. The molecule has 0 unspecified atom stereocenters. The summed E-state index contributed by atoms with van der Waals surface area (Å²) < 4.78 is 45.2. The van der Waals surface area contributed by atoms with Crippen LogP contribution in [0.4, 0.5) is 17.3 Å². The van der Waals surface area contributed by atoms with Gasteiger partial charge in [0, 0.05) is 11.6 Å². The Kier molecular flexibility index (Phi) is 7.38. The monoisotopic (exact) mass is 422 g/mol. The van der Waals surface area contributed by atoms with Crippen LogP contribution in [0.2, 0.25) is 0 Å². The lowest BCUT2D eigenvalue weighted by Crippen LogP contribution is -2.02. The Morgan fingerprint density at radius 1 is 0.548 bits per heavy atom. The van der Waals surface area contributed by atoms with Crippen LogP contribution in [0.5, 0.6) is 0 Å². The van der Waals surface area contributed by atoms with Gasteiger partial charge in [0.1, 0.15) is 0 Å². The average molecular weight is 422 g/mol. The lowest BCUT2D eigenvalue weighted by Gasteiger charge is -2.00. The molecule has 3 aromatic carbocycles. The smallest absolute Gasteiger partial charge is 0.418 e. The largest absolute Gasteiger partial charge is 0.673 e. The summed E-state index contributed by atoms with van der Waals surface area (Å²) in [5, 5.41) is 0. The minimum Gasteiger partial charge on any atom is -0.418 e. The Hall–Kier alpha value is -3.67. The molecular formula is C25H19BF4O. The normalized spacial score (nSPS) is 11.1. The molecule has 0 saturated carbocycles. The van der Waals surface area contributed by atoms with Gasteiger partial charge in [-0.3, -0.25) is 0 Å². The van der Waals surface area contributed by atoms with Crippen molar-refractivity contribution in [2.75, 3.05) is 0 Å². The lowest BCUT2D eigenvalue weighted by molar-refractivity contribution is 0.368. The van der Waals surface area contributed by atoms with E-state index in [0.29, 0.717) is 0 Å². The SMILES string of the molecule is C(=C\c1cc(-c2ccccc2)cc(-c2ccccc2)[o+]1)/c1ccccc1.F[B-](F)(F)F. The fourth-order valence-electron chi connectivity index (χ4n) is 2.89. The van der Waals surface area contributed by atoms with E-state index in [-0.39, 0.29) is 0 Å². The van der Waals surface area contributed by atoms with Crippen molar-refractivity contribution in [2.24, 2.45) is 0 Å². The Labute approximate surface area is 178 Å². The Morgan fingerprint density at radius 3 is 1.58 bits per heavy atom. The molecule has 0 aliphatic rings. The molecule has 0 atom stereocenters. The second kappa shape index (κ2) is 10.4. The summed E-state index contributed by atoms with van der Waals surface area (Å²) >= 11 is 0. The minimum atomic E-state index is -6.00. The van der Waals surface area contributed by atoms with E-state index < -0.39 is 7.25 Å². The molecule has 0 saturated heterocycles. The highest BCUT2D eigenvalue weighted by molar-refractivity contribution is 6.50. The quantitative estimate of drug-likeness (QED) is 0.183. The van der Waals surface area contributed by atoms with E-state index >= 15 is 0 Å². The number of hydrogen-bond acceptors (Lipinski definition) is 0. The first-order chi connectivity index (χ1) is 14.9. The van der Waals surface area contributed by atoms with Crippen molar-refractivity contribution in [1.29, 1.82) is 0 Å². The van der Waals surface area contributed by atoms with E-state index in [0.717, 1.165) is 28.2 Å². The van der Waals surface area contributed by atoms with Crippen LogP contribution in [-0.2, 0) is 0 Å². The molecule has 0 fully saturated rings. The summed E-state index contributed by atoms with van der Waals surface area (Å²) in [5.74, 6) is 1.69. The zero-order valence-electron chi connectivity index (χ0n) is 16.5. The molecule has 0 radical (unpaired) electrons. The van der Waals surface area contributed by atoms with Crippen molar-refractivity contribution in [3.63, 3.8) is 0 Å². The van der Waals surface area contributed by atoms with Crippen molar-refractivity contribution in [3.8, 4) is 22.5 Å². The van der Waals surface area contributed by atoms with E-state index in [2.05, 4.69) is 66.7 Å². The topological polar surface area (TPSA) is 11.3 Å². The van der Waals surface area contributed by atoms with Crippen molar-refractivity contribution in [2.45, 2.75) is 0 Å². The number of rotatable bonds is 4. The van der Waals surface area contributed by atoms with Crippen molar-refractivity contribution in [3.05, 3.63) is 114 Å². The molecular weight excluding hydrogens is 403 g/mol. The summed E-state index contributed by atoms with van der Waals surface area (Å²) in [7, 11) is -6.00. The van der Waals surface area contributed by atoms with Gasteiger partial charge in [0.25, 0.3) is 0 Å². The fraction of sp³-hybridized carbons (Fsp3) is 0. The third-order valence-electron chi connectivity index (χ3n) is 4.22. The molecule has 0 aliphatic heterocycles. The predicted molar refractivity (Wildman–Crippen MR) is 120 cm³/mol. The standard InChI is InChI=1S/C25H19O.BF4/c1-4-10-20(11-5-1)16-17-24-18-23(21-12-6-2-7-13-21)19-25(26-24)22-14-8-3-9-15-22;2-1(3,4)5/h1-19H;/q+1;-1/b17-16+;. The van der Waals surface area contributed by atoms with Crippen LogP contribution < -0.4 is 0 Å². The summed E-state index contributed by atoms with van der Waals surface area (Å²) in [4.78, 5) is 0. The molecule has 1 heterocycles. The highest BCUT2D eigenvalue weighted by Gasteiger charge is 2.20. The maximum absolute atomic E-state index is 9.75. The van der Waals surface area contributed by atoms with Gasteiger partial charge in [-0.1, -0.05) is 78.9 Å². The fourth-order valence-corrected chi connectivity index (χ4v) is 2.89. The van der Waals surface area contributed by atoms with Crippen LogP contribution in [0.1, 0.15) is 11.3 Å². The average Bonchev–Trinajstić information content (AvgIpc) is 2.78. The van der Waals surface area contributed by atoms with Crippen molar-refractivity contribution >= 4 is 19.4 Å². The molecule has 0 amide bonds. The highest BCUT2D eigenvalue weighted by atomic mass is 19.5. The lowest BCUT2D eigenvalue weighted by atomic mass is 10.0. The Bertz CT molecular complexity index is 1050.